The van der Waals surface area contributed by atoms with Crippen LogP contribution in [0.1, 0.15) is 39.0 Å². The van der Waals surface area contributed by atoms with Gasteiger partial charge in [-0.05, 0) is 12.8 Å². The predicted molar refractivity (Wildman–Crippen MR) is 58.2 cm³/mol. The highest BCUT2D eigenvalue weighted by Gasteiger charge is 2.34. The van der Waals surface area contributed by atoms with Crippen LogP contribution in [0.3, 0.4) is 0 Å². The van der Waals surface area contributed by atoms with E-state index in [0.29, 0.717) is 25.9 Å². The van der Waals surface area contributed by atoms with Gasteiger partial charge in [0.1, 0.15) is 13.2 Å². The van der Waals surface area contributed by atoms with Gasteiger partial charge in [-0.25, -0.2) is 4.79 Å². The van der Waals surface area contributed by atoms with Crippen LogP contribution in [0.4, 0.5) is 4.79 Å². The second-order valence-electron chi connectivity index (χ2n) is 5.21. The average Bonchev–Trinajstić information content (AvgIpc) is 2.33. The molecule has 1 saturated heterocycles. The predicted octanol–water partition coefficient (Wildman–Crippen LogP) is 2.51. The molecule has 2 rings (SSSR count). The number of ether oxygens (including phenoxy) is 3. The van der Waals surface area contributed by atoms with Gasteiger partial charge in [-0.2, -0.15) is 0 Å². The molecule has 92 valence electrons. The van der Waals surface area contributed by atoms with Crippen LogP contribution in [0, 0.1) is 5.41 Å². The molecular formula is C12H20O4. The fraction of sp³-hybridized carbons (Fsp3) is 0.917. The van der Waals surface area contributed by atoms with E-state index in [9.17, 15) is 4.79 Å². The van der Waals surface area contributed by atoms with Crippen molar-refractivity contribution < 1.29 is 19.0 Å². The summed E-state index contributed by atoms with van der Waals surface area (Å²) in [7, 11) is 0. The first-order valence-corrected chi connectivity index (χ1v) is 6.09. The molecule has 0 bridgehead atoms. The molecular weight excluding hydrogens is 208 g/mol. The minimum absolute atomic E-state index is 0.175. The first kappa shape index (κ1) is 11.7. The lowest BCUT2D eigenvalue weighted by Gasteiger charge is -2.34. The highest BCUT2D eigenvalue weighted by molar-refractivity contribution is 5.60. The lowest BCUT2D eigenvalue weighted by atomic mass is 9.93. The van der Waals surface area contributed by atoms with Crippen LogP contribution in [-0.2, 0) is 14.2 Å². The summed E-state index contributed by atoms with van der Waals surface area (Å²) in [4.78, 5) is 10.8. The maximum absolute atomic E-state index is 10.8. The highest BCUT2D eigenvalue weighted by atomic mass is 16.7. The molecule has 0 unspecified atom stereocenters. The van der Waals surface area contributed by atoms with Gasteiger partial charge in [0.2, 0.25) is 0 Å². The van der Waals surface area contributed by atoms with Gasteiger partial charge >= 0.3 is 6.16 Å². The van der Waals surface area contributed by atoms with E-state index in [2.05, 4.69) is 0 Å². The molecule has 0 aromatic carbocycles. The van der Waals surface area contributed by atoms with Crippen molar-refractivity contribution in [2.24, 2.45) is 5.41 Å². The molecule has 4 nitrogen and oxygen atoms in total. The molecule has 4 heteroatoms. The third kappa shape index (κ3) is 3.11. The summed E-state index contributed by atoms with van der Waals surface area (Å²) in [6, 6.07) is 0. The van der Waals surface area contributed by atoms with Crippen molar-refractivity contribution in [3.05, 3.63) is 0 Å². The van der Waals surface area contributed by atoms with Crippen molar-refractivity contribution in [3.63, 3.8) is 0 Å². The molecule has 0 atom stereocenters. The van der Waals surface area contributed by atoms with E-state index >= 15 is 0 Å². The summed E-state index contributed by atoms with van der Waals surface area (Å²) in [5, 5.41) is 0. The third-order valence-electron chi connectivity index (χ3n) is 3.30. The summed E-state index contributed by atoms with van der Waals surface area (Å²) in [6.07, 6.45) is 6.03. The molecule has 1 aliphatic heterocycles. The van der Waals surface area contributed by atoms with Gasteiger partial charge in [0.05, 0.1) is 18.1 Å². The summed E-state index contributed by atoms with van der Waals surface area (Å²) < 4.78 is 15.7. The Bertz CT molecular complexity index is 235. The fourth-order valence-electron chi connectivity index (χ4n) is 2.18. The molecule has 2 aliphatic rings. The van der Waals surface area contributed by atoms with E-state index in [4.69, 9.17) is 14.2 Å². The lowest BCUT2D eigenvalue weighted by Crippen LogP contribution is -2.41. The monoisotopic (exact) mass is 228 g/mol. The van der Waals surface area contributed by atoms with Gasteiger partial charge in [-0.15, -0.1) is 0 Å². The molecule has 0 radical (unpaired) electrons. The topological polar surface area (TPSA) is 44.8 Å². The zero-order valence-corrected chi connectivity index (χ0v) is 9.87. The largest absolute Gasteiger partial charge is 0.508 e. The first-order chi connectivity index (χ1) is 7.68. The van der Waals surface area contributed by atoms with Gasteiger partial charge in [-0.3, -0.25) is 0 Å². The molecule has 0 amide bonds. The third-order valence-corrected chi connectivity index (χ3v) is 3.30. The summed E-state index contributed by atoms with van der Waals surface area (Å²) >= 11 is 0. The second kappa shape index (κ2) is 5.04. The molecule has 16 heavy (non-hydrogen) atoms. The van der Waals surface area contributed by atoms with Crippen molar-refractivity contribution in [2.45, 2.75) is 45.1 Å². The van der Waals surface area contributed by atoms with Gasteiger partial charge in [-0.1, -0.05) is 26.2 Å². The van der Waals surface area contributed by atoms with Gasteiger partial charge < -0.3 is 14.2 Å². The number of hydrogen-bond donors (Lipinski definition) is 0. The summed E-state index contributed by atoms with van der Waals surface area (Å²) in [5.41, 5.74) is -0.175. The van der Waals surface area contributed by atoms with Crippen LogP contribution in [-0.4, -0.2) is 32.1 Å². The molecule has 0 N–H and O–H groups in total. The van der Waals surface area contributed by atoms with Crippen LogP contribution >= 0.6 is 0 Å². The van der Waals surface area contributed by atoms with E-state index in [0.717, 1.165) is 12.8 Å². The Morgan fingerprint density at radius 1 is 1.25 bits per heavy atom. The van der Waals surface area contributed by atoms with Gasteiger partial charge in [0.15, 0.2) is 0 Å². The number of cyclic esters (lactones) is 2. The Morgan fingerprint density at radius 3 is 2.50 bits per heavy atom. The molecule has 1 aliphatic carbocycles. The van der Waals surface area contributed by atoms with Crippen LogP contribution in [0.25, 0.3) is 0 Å². The standard InChI is InChI=1S/C12H20O4/c1-12(8-15-11(13)16-9-12)7-14-10-5-3-2-4-6-10/h10H,2-9H2,1H3. The Morgan fingerprint density at radius 2 is 1.88 bits per heavy atom. The van der Waals surface area contributed by atoms with Crippen LogP contribution in [0.15, 0.2) is 0 Å². The number of carbonyl (C=O) groups is 1. The number of rotatable bonds is 3. The maximum Gasteiger partial charge on any atom is 0.508 e. The average molecular weight is 228 g/mol. The van der Waals surface area contributed by atoms with Crippen LogP contribution in [0.2, 0.25) is 0 Å². The van der Waals surface area contributed by atoms with E-state index in [-0.39, 0.29) is 5.41 Å². The lowest BCUT2D eigenvalue weighted by molar-refractivity contribution is -0.103. The fourth-order valence-corrected chi connectivity index (χ4v) is 2.18. The molecule has 1 heterocycles. The summed E-state index contributed by atoms with van der Waals surface area (Å²) in [5.74, 6) is 0. The van der Waals surface area contributed by atoms with Crippen molar-refractivity contribution >= 4 is 6.16 Å². The Labute approximate surface area is 96.2 Å². The van der Waals surface area contributed by atoms with Gasteiger partial charge in [0, 0.05) is 0 Å². The van der Waals surface area contributed by atoms with Crippen LogP contribution < -0.4 is 0 Å². The SMILES string of the molecule is CC1(COC2CCCCC2)COC(=O)OC1. The van der Waals surface area contributed by atoms with E-state index in [1.807, 2.05) is 6.92 Å². The Kier molecular flexibility index (Phi) is 3.69. The summed E-state index contributed by atoms with van der Waals surface area (Å²) in [6.45, 7) is 3.45. The second-order valence-corrected chi connectivity index (χ2v) is 5.21. The normalized spacial score (nSPS) is 25.9. The van der Waals surface area contributed by atoms with Crippen molar-refractivity contribution in [1.82, 2.24) is 0 Å². The molecule has 0 spiro atoms. The quantitative estimate of drug-likeness (QED) is 0.696. The van der Waals surface area contributed by atoms with E-state index < -0.39 is 6.16 Å². The van der Waals surface area contributed by atoms with Crippen molar-refractivity contribution in [1.29, 1.82) is 0 Å². The minimum Gasteiger partial charge on any atom is -0.433 e. The molecule has 0 aromatic heterocycles. The maximum atomic E-state index is 10.8. The van der Waals surface area contributed by atoms with Gasteiger partial charge in [0.25, 0.3) is 0 Å². The highest BCUT2D eigenvalue weighted by Crippen LogP contribution is 2.26. The number of carbonyl (C=O) groups excluding carboxylic acids is 1. The first-order valence-electron chi connectivity index (χ1n) is 6.09. The number of hydrogen-bond acceptors (Lipinski definition) is 4. The van der Waals surface area contributed by atoms with Crippen LogP contribution in [0.5, 0.6) is 0 Å². The van der Waals surface area contributed by atoms with Crippen molar-refractivity contribution in [2.75, 3.05) is 19.8 Å². The Hall–Kier alpha value is -0.770. The molecule has 1 saturated carbocycles. The van der Waals surface area contributed by atoms with Crippen molar-refractivity contribution in [3.8, 4) is 0 Å². The molecule has 0 aromatic rings. The Balaban J connectivity index is 1.73. The van der Waals surface area contributed by atoms with E-state index in [1.165, 1.54) is 19.3 Å². The zero-order chi connectivity index (χ0) is 11.4. The molecule has 2 fully saturated rings. The smallest absolute Gasteiger partial charge is 0.433 e. The zero-order valence-electron chi connectivity index (χ0n) is 9.87. The van der Waals surface area contributed by atoms with E-state index in [1.54, 1.807) is 0 Å². The minimum atomic E-state index is -0.560.